The van der Waals surface area contributed by atoms with Gasteiger partial charge in [-0.25, -0.2) is 0 Å². The van der Waals surface area contributed by atoms with Gasteiger partial charge >= 0.3 is 5.97 Å². The Hall–Kier alpha value is -3.12. The molecule has 6 heteroatoms. The fourth-order valence-electron chi connectivity index (χ4n) is 4.61. The SMILES string of the molecule is CCN(CC)C(=O)c1ccc(C(=C2CCN(CC(C)(C)C(=O)O)CC2)c2ccccc2N)cc1. The normalized spacial score (nSPS) is 14.6. The van der Waals surface area contributed by atoms with Gasteiger partial charge in [0.05, 0.1) is 5.41 Å². The van der Waals surface area contributed by atoms with E-state index in [1.807, 2.05) is 67.3 Å². The molecule has 1 saturated heterocycles. The van der Waals surface area contributed by atoms with Gasteiger partial charge in [0.15, 0.2) is 0 Å². The number of rotatable bonds is 8. The van der Waals surface area contributed by atoms with Gasteiger partial charge in [0, 0.05) is 49.5 Å². The second kappa shape index (κ2) is 10.9. The summed E-state index contributed by atoms with van der Waals surface area (Å²) >= 11 is 0. The number of anilines is 1. The Bertz CT molecular complexity index is 1040. The Morgan fingerprint density at radius 1 is 0.971 bits per heavy atom. The van der Waals surface area contributed by atoms with E-state index in [1.54, 1.807) is 13.8 Å². The minimum atomic E-state index is -0.777. The van der Waals surface area contributed by atoms with Gasteiger partial charge in [0.25, 0.3) is 5.91 Å². The summed E-state index contributed by atoms with van der Waals surface area (Å²) in [5, 5.41) is 9.49. The zero-order chi connectivity index (χ0) is 24.9. The molecule has 0 bridgehead atoms. The van der Waals surface area contributed by atoms with E-state index < -0.39 is 11.4 Å². The van der Waals surface area contributed by atoms with Crippen molar-refractivity contribution in [2.24, 2.45) is 5.41 Å². The average Bonchev–Trinajstić information content (AvgIpc) is 2.82. The number of nitrogens with two attached hydrogens (primary N) is 1. The molecule has 1 amide bonds. The lowest BCUT2D eigenvalue weighted by molar-refractivity contribution is -0.148. The van der Waals surface area contributed by atoms with Crippen molar-refractivity contribution in [2.45, 2.75) is 40.5 Å². The van der Waals surface area contributed by atoms with E-state index >= 15 is 0 Å². The third-order valence-corrected chi connectivity index (χ3v) is 6.71. The third-order valence-electron chi connectivity index (χ3n) is 6.71. The first-order chi connectivity index (χ1) is 16.2. The second-order valence-electron chi connectivity index (χ2n) is 9.59. The highest BCUT2D eigenvalue weighted by Crippen LogP contribution is 2.35. The molecule has 0 unspecified atom stereocenters. The minimum absolute atomic E-state index is 0.0410. The van der Waals surface area contributed by atoms with Crippen LogP contribution in [0.4, 0.5) is 5.69 Å². The quantitative estimate of drug-likeness (QED) is 0.551. The first-order valence-electron chi connectivity index (χ1n) is 12.1. The van der Waals surface area contributed by atoms with E-state index in [4.69, 9.17) is 5.73 Å². The molecule has 3 rings (SSSR count). The predicted molar refractivity (Wildman–Crippen MR) is 138 cm³/mol. The molecule has 182 valence electrons. The van der Waals surface area contributed by atoms with Gasteiger partial charge in [-0.15, -0.1) is 0 Å². The number of aliphatic carboxylic acids is 1. The van der Waals surface area contributed by atoms with Gasteiger partial charge in [-0.3, -0.25) is 9.59 Å². The molecule has 1 aliphatic rings. The summed E-state index contributed by atoms with van der Waals surface area (Å²) in [6.45, 7) is 11.0. The number of carbonyl (C=O) groups excluding carboxylic acids is 1. The van der Waals surface area contributed by atoms with E-state index in [9.17, 15) is 14.7 Å². The fourth-order valence-corrected chi connectivity index (χ4v) is 4.61. The topological polar surface area (TPSA) is 86.9 Å². The van der Waals surface area contributed by atoms with E-state index in [2.05, 4.69) is 4.90 Å². The van der Waals surface area contributed by atoms with Crippen molar-refractivity contribution in [2.75, 3.05) is 38.5 Å². The van der Waals surface area contributed by atoms with Crippen LogP contribution in [0.25, 0.3) is 5.57 Å². The smallest absolute Gasteiger partial charge is 0.310 e. The summed E-state index contributed by atoms with van der Waals surface area (Å²) in [6.07, 6.45) is 1.69. The summed E-state index contributed by atoms with van der Waals surface area (Å²) in [6, 6.07) is 15.7. The predicted octanol–water partition coefficient (Wildman–Crippen LogP) is 4.76. The summed E-state index contributed by atoms with van der Waals surface area (Å²) in [7, 11) is 0. The number of nitrogens with zero attached hydrogens (tertiary/aromatic N) is 2. The van der Waals surface area contributed by atoms with Crippen molar-refractivity contribution in [3.63, 3.8) is 0 Å². The number of para-hydroxylation sites is 1. The lowest BCUT2D eigenvalue weighted by Gasteiger charge is -2.34. The number of hydrogen-bond donors (Lipinski definition) is 2. The van der Waals surface area contributed by atoms with Crippen LogP contribution in [-0.2, 0) is 4.79 Å². The number of hydrogen-bond acceptors (Lipinski definition) is 4. The summed E-state index contributed by atoms with van der Waals surface area (Å²) in [5.74, 6) is -0.731. The van der Waals surface area contributed by atoms with Crippen LogP contribution in [0, 0.1) is 5.41 Å². The van der Waals surface area contributed by atoms with Crippen molar-refractivity contribution in [1.29, 1.82) is 0 Å². The Morgan fingerprint density at radius 2 is 1.53 bits per heavy atom. The number of carbonyl (C=O) groups is 2. The van der Waals surface area contributed by atoms with Gasteiger partial charge in [-0.1, -0.05) is 35.9 Å². The molecule has 6 nitrogen and oxygen atoms in total. The molecule has 0 atom stereocenters. The van der Waals surface area contributed by atoms with Crippen LogP contribution in [0.3, 0.4) is 0 Å². The van der Waals surface area contributed by atoms with Crippen LogP contribution in [0.2, 0.25) is 0 Å². The van der Waals surface area contributed by atoms with Gasteiger partial charge in [-0.05, 0) is 69.9 Å². The number of piperidine rings is 1. The molecule has 34 heavy (non-hydrogen) atoms. The maximum absolute atomic E-state index is 12.8. The number of amides is 1. The summed E-state index contributed by atoms with van der Waals surface area (Å²) in [5.41, 5.74) is 11.5. The zero-order valence-electron chi connectivity index (χ0n) is 20.8. The van der Waals surface area contributed by atoms with Crippen molar-refractivity contribution in [3.05, 3.63) is 70.8 Å². The molecule has 1 fully saturated rings. The van der Waals surface area contributed by atoms with E-state index in [-0.39, 0.29) is 5.91 Å². The van der Waals surface area contributed by atoms with Crippen LogP contribution in [0.5, 0.6) is 0 Å². The summed E-state index contributed by atoms with van der Waals surface area (Å²) < 4.78 is 0. The highest BCUT2D eigenvalue weighted by atomic mass is 16.4. The first kappa shape index (κ1) is 25.5. The van der Waals surface area contributed by atoms with E-state index in [1.165, 1.54) is 5.57 Å². The van der Waals surface area contributed by atoms with Gasteiger partial charge in [0.1, 0.15) is 0 Å². The summed E-state index contributed by atoms with van der Waals surface area (Å²) in [4.78, 5) is 28.4. The molecule has 1 heterocycles. The Kier molecular flexibility index (Phi) is 8.15. The molecule has 0 radical (unpaired) electrons. The van der Waals surface area contributed by atoms with E-state index in [0.717, 1.165) is 48.3 Å². The largest absolute Gasteiger partial charge is 0.481 e. The van der Waals surface area contributed by atoms with Crippen molar-refractivity contribution >= 4 is 23.1 Å². The second-order valence-corrected chi connectivity index (χ2v) is 9.59. The van der Waals surface area contributed by atoms with Crippen LogP contribution in [-0.4, -0.2) is 59.5 Å². The molecule has 0 spiro atoms. The Labute approximate surface area is 203 Å². The van der Waals surface area contributed by atoms with Crippen molar-refractivity contribution < 1.29 is 14.7 Å². The molecule has 2 aromatic carbocycles. The number of carboxylic acid groups (broad SMARTS) is 1. The number of carboxylic acids is 1. The molecular weight excluding hydrogens is 426 g/mol. The molecule has 2 aromatic rings. The monoisotopic (exact) mass is 463 g/mol. The average molecular weight is 464 g/mol. The highest BCUT2D eigenvalue weighted by molar-refractivity contribution is 5.95. The molecule has 0 aromatic heterocycles. The Balaban J connectivity index is 1.92. The van der Waals surface area contributed by atoms with E-state index in [0.29, 0.717) is 25.2 Å². The maximum Gasteiger partial charge on any atom is 0.310 e. The van der Waals surface area contributed by atoms with Gasteiger partial charge in [-0.2, -0.15) is 0 Å². The molecule has 0 saturated carbocycles. The lowest BCUT2D eigenvalue weighted by Crippen LogP contribution is -2.42. The fraction of sp³-hybridized carbons (Fsp3) is 0.429. The number of benzene rings is 2. The van der Waals surface area contributed by atoms with Crippen LogP contribution in [0.15, 0.2) is 54.1 Å². The maximum atomic E-state index is 12.8. The van der Waals surface area contributed by atoms with Crippen molar-refractivity contribution in [3.8, 4) is 0 Å². The number of likely N-dealkylation sites (tertiary alicyclic amines) is 1. The minimum Gasteiger partial charge on any atom is -0.481 e. The third kappa shape index (κ3) is 5.68. The van der Waals surface area contributed by atoms with Gasteiger partial charge in [0.2, 0.25) is 0 Å². The first-order valence-corrected chi connectivity index (χ1v) is 12.1. The standard InChI is InChI=1S/C28H37N3O3/c1-5-31(6-2)26(32)22-13-11-20(12-14-22)25(23-9-7-8-10-24(23)29)21-15-17-30(18-16-21)19-28(3,4)27(33)34/h7-14H,5-6,15-19,29H2,1-4H3,(H,33,34). The molecular formula is C28H37N3O3. The molecule has 3 N–H and O–H groups in total. The Morgan fingerprint density at radius 3 is 2.06 bits per heavy atom. The molecule has 1 aliphatic heterocycles. The van der Waals surface area contributed by atoms with Crippen LogP contribution >= 0.6 is 0 Å². The van der Waals surface area contributed by atoms with Gasteiger partial charge < -0.3 is 20.6 Å². The number of nitrogen functional groups attached to an aromatic ring is 1. The molecule has 0 aliphatic carbocycles. The lowest BCUT2D eigenvalue weighted by atomic mass is 9.86. The zero-order valence-corrected chi connectivity index (χ0v) is 20.8. The van der Waals surface area contributed by atoms with Crippen molar-refractivity contribution in [1.82, 2.24) is 9.80 Å². The van der Waals surface area contributed by atoms with Crippen LogP contribution in [0.1, 0.15) is 62.0 Å². The van der Waals surface area contributed by atoms with Crippen LogP contribution < -0.4 is 5.73 Å². The highest BCUT2D eigenvalue weighted by Gasteiger charge is 2.31.